The topological polar surface area (TPSA) is 26.0 Å². The summed E-state index contributed by atoms with van der Waals surface area (Å²) in [6, 6.07) is 12.8. The monoisotopic (exact) mass is 271 g/mol. The zero-order valence-electron chi connectivity index (χ0n) is 12.4. The summed E-state index contributed by atoms with van der Waals surface area (Å²) in [5.41, 5.74) is 10.5. The highest BCUT2D eigenvalue weighted by molar-refractivity contribution is 5.38. The molecule has 0 fully saturated rings. The van der Waals surface area contributed by atoms with Crippen molar-refractivity contribution in [3.63, 3.8) is 0 Å². The van der Waals surface area contributed by atoms with Gasteiger partial charge in [0.2, 0.25) is 0 Å². The largest absolute Gasteiger partial charge is 0.320 e. The van der Waals surface area contributed by atoms with Crippen LogP contribution in [0.5, 0.6) is 0 Å². The van der Waals surface area contributed by atoms with Crippen LogP contribution >= 0.6 is 0 Å². The van der Waals surface area contributed by atoms with Crippen molar-refractivity contribution in [3.05, 3.63) is 70.5 Å². The second-order valence-corrected chi connectivity index (χ2v) is 5.45. The molecule has 1 nitrogen and oxygen atoms in total. The van der Waals surface area contributed by atoms with E-state index in [1.165, 1.54) is 17.7 Å². The van der Waals surface area contributed by atoms with Crippen LogP contribution in [0.25, 0.3) is 0 Å². The van der Waals surface area contributed by atoms with E-state index in [0.29, 0.717) is 5.92 Å². The maximum absolute atomic E-state index is 13.4. The van der Waals surface area contributed by atoms with Gasteiger partial charge in [-0.3, -0.25) is 0 Å². The van der Waals surface area contributed by atoms with Crippen LogP contribution < -0.4 is 5.73 Å². The van der Waals surface area contributed by atoms with Crippen LogP contribution in [0.2, 0.25) is 0 Å². The molecule has 0 spiro atoms. The van der Waals surface area contributed by atoms with Gasteiger partial charge in [0.05, 0.1) is 6.04 Å². The maximum Gasteiger partial charge on any atom is 0.123 e. The summed E-state index contributed by atoms with van der Waals surface area (Å²) in [4.78, 5) is 0. The molecule has 20 heavy (non-hydrogen) atoms. The molecule has 0 bridgehead atoms. The minimum absolute atomic E-state index is 0.239. The Morgan fingerprint density at radius 1 is 1.05 bits per heavy atom. The number of rotatable bonds is 4. The second-order valence-electron chi connectivity index (χ2n) is 5.45. The molecule has 0 aliphatic rings. The molecule has 2 heteroatoms. The molecule has 2 aromatic carbocycles. The molecule has 0 saturated heterocycles. The van der Waals surface area contributed by atoms with E-state index in [2.05, 4.69) is 38.1 Å². The average molecular weight is 271 g/mol. The van der Waals surface area contributed by atoms with E-state index in [4.69, 9.17) is 5.73 Å². The Morgan fingerprint density at radius 2 is 1.65 bits per heavy atom. The van der Waals surface area contributed by atoms with E-state index in [-0.39, 0.29) is 11.9 Å². The summed E-state index contributed by atoms with van der Waals surface area (Å²) in [6.07, 6.45) is 1.12. The van der Waals surface area contributed by atoms with Crippen molar-refractivity contribution in [2.75, 3.05) is 0 Å². The molecule has 0 amide bonds. The number of aryl methyl sites for hydroxylation is 1. The van der Waals surface area contributed by atoms with Gasteiger partial charge in [0.25, 0.3) is 0 Å². The minimum atomic E-state index is -0.281. The van der Waals surface area contributed by atoms with Crippen molar-refractivity contribution >= 4 is 0 Å². The Balaban J connectivity index is 2.29. The zero-order chi connectivity index (χ0) is 14.7. The van der Waals surface area contributed by atoms with Crippen LogP contribution in [0.3, 0.4) is 0 Å². The molecule has 2 rings (SSSR count). The van der Waals surface area contributed by atoms with Crippen molar-refractivity contribution in [3.8, 4) is 0 Å². The number of nitrogens with two attached hydrogens (primary N) is 1. The first-order valence-corrected chi connectivity index (χ1v) is 7.14. The summed E-state index contributed by atoms with van der Waals surface area (Å²) >= 11 is 0. The van der Waals surface area contributed by atoms with Gasteiger partial charge in [-0.1, -0.05) is 44.2 Å². The van der Waals surface area contributed by atoms with E-state index >= 15 is 0 Å². The van der Waals surface area contributed by atoms with Gasteiger partial charge < -0.3 is 5.73 Å². The maximum atomic E-state index is 13.4. The van der Waals surface area contributed by atoms with Crippen LogP contribution in [-0.4, -0.2) is 0 Å². The van der Waals surface area contributed by atoms with Gasteiger partial charge in [-0.2, -0.15) is 0 Å². The summed E-state index contributed by atoms with van der Waals surface area (Å²) < 4.78 is 13.4. The Bertz CT molecular complexity index is 574. The normalized spacial score (nSPS) is 14.1. The highest BCUT2D eigenvalue weighted by Gasteiger charge is 2.13. The molecule has 2 atom stereocenters. The number of benzene rings is 2. The number of hydrogen-bond donors (Lipinski definition) is 1. The molecule has 2 unspecified atom stereocenters. The Kier molecular flexibility index (Phi) is 4.56. The lowest BCUT2D eigenvalue weighted by Gasteiger charge is -2.17. The van der Waals surface area contributed by atoms with Gasteiger partial charge in [-0.05, 0) is 53.6 Å². The van der Waals surface area contributed by atoms with Gasteiger partial charge in [0.15, 0.2) is 0 Å². The van der Waals surface area contributed by atoms with Gasteiger partial charge in [-0.15, -0.1) is 0 Å². The quantitative estimate of drug-likeness (QED) is 0.857. The molecule has 106 valence electrons. The second kappa shape index (κ2) is 6.19. The Labute approximate surface area is 120 Å². The van der Waals surface area contributed by atoms with Crippen LogP contribution in [0.1, 0.15) is 54.5 Å². The zero-order valence-corrected chi connectivity index (χ0v) is 12.4. The number of halogens is 1. The van der Waals surface area contributed by atoms with E-state index in [1.54, 1.807) is 6.07 Å². The third kappa shape index (κ3) is 3.07. The van der Waals surface area contributed by atoms with Crippen LogP contribution in [0.15, 0.2) is 42.5 Å². The highest BCUT2D eigenvalue weighted by atomic mass is 19.1. The smallest absolute Gasteiger partial charge is 0.123 e. The van der Waals surface area contributed by atoms with Crippen LogP contribution in [0, 0.1) is 12.7 Å². The first-order valence-electron chi connectivity index (χ1n) is 7.14. The van der Waals surface area contributed by atoms with E-state index in [0.717, 1.165) is 23.1 Å². The predicted octanol–water partition coefficient (Wildman–Crippen LogP) is 4.70. The molecular formula is C18H22FN. The fourth-order valence-electron chi connectivity index (χ4n) is 2.39. The van der Waals surface area contributed by atoms with E-state index in [9.17, 15) is 4.39 Å². The summed E-state index contributed by atoms with van der Waals surface area (Å²) in [5.74, 6) is 0.313. The third-order valence-electron chi connectivity index (χ3n) is 4.05. The van der Waals surface area contributed by atoms with E-state index in [1.807, 2.05) is 6.92 Å². The molecule has 2 N–H and O–H groups in total. The third-order valence-corrected chi connectivity index (χ3v) is 4.05. The Morgan fingerprint density at radius 3 is 2.25 bits per heavy atom. The molecular weight excluding hydrogens is 249 g/mol. The number of hydrogen-bond acceptors (Lipinski definition) is 1. The predicted molar refractivity (Wildman–Crippen MR) is 82.3 cm³/mol. The first-order chi connectivity index (χ1) is 9.52. The average Bonchev–Trinajstić information content (AvgIpc) is 2.48. The van der Waals surface area contributed by atoms with Crippen LogP contribution in [0.4, 0.5) is 4.39 Å². The van der Waals surface area contributed by atoms with Crippen molar-refractivity contribution in [2.45, 2.75) is 39.2 Å². The van der Waals surface area contributed by atoms with Crippen molar-refractivity contribution in [1.82, 2.24) is 0 Å². The van der Waals surface area contributed by atoms with Crippen molar-refractivity contribution in [2.24, 2.45) is 5.73 Å². The van der Waals surface area contributed by atoms with Gasteiger partial charge in [0.1, 0.15) is 5.82 Å². The lowest BCUT2D eigenvalue weighted by molar-refractivity contribution is 0.622. The Hall–Kier alpha value is -1.67. The molecule has 0 aliphatic heterocycles. The highest BCUT2D eigenvalue weighted by Crippen LogP contribution is 2.26. The van der Waals surface area contributed by atoms with E-state index < -0.39 is 0 Å². The molecule has 0 saturated carbocycles. The minimum Gasteiger partial charge on any atom is -0.320 e. The van der Waals surface area contributed by atoms with Gasteiger partial charge in [-0.25, -0.2) is 4.39 Å². The first kappa shape index (κ1) is 14.7. The van der Waals surface area contributed by atoms with Gasteiger partial charge >= 0.3 is 0 Å². The lowest BCUT2D eigenvalue weighted by Crippen LogP contribution is -2.13. The summed E-state index contributed by atoms with van der Waals surface area (Å²) in [5, 5.41) is 0. The van der Waals surface area contributed by atoms with Gasteiger partial charge in [0, 0.05) is 0 Å². The van der Waals surface area contributed by atoms with Crippen molar-refractivity contribution < 1.29 is 4.39 Å². The molecule has 0 aliphatic carbocycles. The molecule has 0 heterocycles. The SMILES string of the molecule is CCC(C)c1ccc(C(N)c2cc(F)ccc2C)cc1. The summed E-state index contributed by atoms with van der Waals surface area (Å²) in [6.45, 7) is 6.36. The fraction of sp³-hybridized carbons (Fsp3) is 0.333. The molecule has 2 aromatic rings. The van der Waals surface area contributed by atoms with Crippen LogP contribution in [-0.2, 0) is 0 Å². The summed E-state index contributed by atoms with van der Waals surface area (Å²) in [7, 11) is 0. The lowest BCUT2D eigenvalue weighted by atomic mass is 9.92. The molecule has 0 radical (unpaired) electrons. The van der Waals surface area contributed by atoms with Crippen molar-refractivity contribution in [1.29, 1.82) is 0 Å². The fourth-order valence-corrected chi connectivity index (χ4v) is 2.39. The molecule has 0 aromatic heterocycles. The standard InChI is InChI=1S/C18H22FN/c1-4-12(2)14-6-8-15(9-7-14)18(20)17-11-16(19)10-5-13(17)3/h5-12,18H,4,20H2,1-3H3.